The van der Waals surface area contributed by atoms with Crippen molar-refractivity contribution in [1.82, 2.24) is 24.4 Å². The van der Waals surface area contributed by atoms with Crippen LogP contribution in [-0.4, -0.2) is 43.6 Å². The Morgan fingerprint density at radius 1 is 1.15 bits per heavy atom. The van der Waals surface area contributed by atoms with Crippen molar-refractivity contribution in [3.8, 4) is 0 Å². The Morgan fingerprint density at radius 3 is 2.92 bits per heavy atom. The van der Waals surface area contributed by atoms with E-state index in [2.05, 4.69) is 55.5 Å². The zero-order valence-corrected chi connectivity index (χ0v) is 15.3. The van der Waals surface area contributed by atoms with Crippen molar-refractivity contribution in [2.45, 2.75) is 38.3 Å². The number of anilines is 1. The summed E-state index contributed by atoms with van der Waals surface area (Å²) in [5.74, 6) is 0.668. The van der Waals surface area contributed by atoms with Crippen LogP contribution in [0.25, 0.3) is 11.2 Å². The van der Waals surface area contributed by atoms with E-state index in [1.54, 1.807) is 6.33 Å². The molecular formula is C20H26N6. The fourth-order valence-electron chi connectivity index (χ4n) is 3.76. The Bertz CT molecular complexity index is 844. The van der Waals surface area contributed by atoms with Crippen LogP contribution in [0.2, 0.25) is 0 Å². The van der Waals surface area contributed by atoms with Gasteiger partial charge in [-0.05, 0) is 31.4 Å². The van der Waals surface area contributed by atoms with Gasteiger partial charge in [0.15, 0.2) is 5.65 Å². The summed E-state index contributed by atoms with van der Waals surface area (Å²) in [5, 5.41) is 3.38. The normalized spacial score (nSPS) is 18.3. The summed E-state index contributed by atoms with van der Waals surface area (Å²) in [6.45, 7) is 3.12. The molecule has 1 aliphatic heterocycles. The van der Waals surface area contributed by atoms with E-state index >= 15 is 0 Å². The first kappa shape index (κ1) is 17.0. The van der Waals surface area contributed by atoms with Crippen molar-refractivity contribution in [2.24, 2.45) is 7.05 Å². The minimum atomic E-state index is 0.620. The van der Waals surface area contributed by atoms with Crippen LogP contribution in [0.4, 0.5) is 5.95 Å². The van der Waals surface area contributed by atoms with E-state index in [0.717, 1.165) is 30.7 Å². The van der Waals surface area contributed by atoms with Gasteiger partial charge in [-0.3, -0.25) is 4.90 Å². The Kier molecular flexibility index (Phi) is 5.11. The van der Waals surface area contributed by atoms with E-state index in [1.165, 1.54) is 31.4 Å². The summed E-state index contributed by atoms with van der Waals surface area (Å²) in [7, 11) is 1.95. The number of piperidine rings is 1. The molecular weight excluding hydrogens is 324 g/mol. The zero-order valence-electron chi connectivity index (χ0n) is 15.3. The molecule has 0 aliphatic carbocycles. The second-order valence-electron chi connectivity index (χ2n) is 7.08. The second-order valence-corrected chi connectivity index (χ2v) is 7.08. The van der Waals surface area contributed by atoms with Crippen molar-refractivity contribution < 1.29 is 0 Å². The van der Waals surface area contributed by atoms with E-state index < -0.39 is 0 Å². The van der Waals surface area contributed by atoms with Gasteiger partial charge in [-0.1, -0.05) is 36.8 Å². The molecule has 1 N–H and O–H groups in total. The molecule has 1 atom stereocenters. The molecule has 26 heavy (non-hydrogen) atoms. The maximum absolute atomic E-state index is 4.50. The number of nitrogens with one attached hydrogen (secondary N) is 1. The van der Waals surface area contributed by atoms with Crippen molar-refractivity contribution in [1.29, 1.82) is 0 Å². The minimum Gasteiger partial charge on any atom is -0.354 e. The number of hydrogen-bond donors (Lipinski definition) is 1. The third-order valence-corrected chi connectivity index (χ3v) is 5.22. The van der Waals surface area contributed by atoms with Gasteiger partial charge in [-0.2, -0.15) is 4.98 Å². The van der Waals surface area contributed by atoms with E-state index in [0.29, 0.717) is 12.0 Å². The monoisotopic (exact) mass is 350 g/mol. The highest BCUT2D eigenvalue weighted by atomic mass is 15.2. The molecule has 1 saturated heterocycles. The topological polar surface area (TPSA) is 58.9 Å². The predicted octanol–water partition coefficient (Wildman–Crippen LogP) is 3.22. The van der Waals surface area contributed by atoms with Crippen LogP contribution >= 0.6 is 0 Å². The molecule has 0 amide bonds. The Balaban J connectivity index is 1.34. The Morgan fingerprint density at radius 2 is 2.04 bits per heavy atom. The lowest BCUT2D eigenvalue weighted by molar-refractivity contribution is 0.135. The first-order valence-corrected chi connectivity index (χ1v) is 9.45. The third kappa shape index (κ3) is 3.85. The largest absolute Gasteiger partial charge is 0.354 e. The van der Waals surface area contributed by atoms with Gasteiger partial charge in [0.25, 0.3) is 0 Å². The number of benzene rings is 1. The summed E-state index contributed by atoms with van der Waals surface area (Å²) < 4.78 is 1.93. The van der Waals surface area contributed by atoms with Crippen LogP contribution in [0, 0.1) is 0 Å². The number of rotatable bonds is 6. The zero-order chi connectivity index (χ0) is 17.8. The average Bonchev–Trinajstić information content (AvgIpc) is 3.04. The highest BCUT2D eigenvalue weighted by molar-refractivity contribution is 5.70. The standard InChI is InChI=1S/C20H26N6/c1-25-15-23-19-18(25)13-22-20(24-19)21-11-10-17-9-5-6-12-26(17)14-16-7-3-2-4-8-16/h2-4,7-8,13,15,17H,5-6,9-12,14H2,1H3,(H,21,22,24). The van der Waals surface area contributed by atoms with Gasteiger partial charge in [0, 0.05) is 26.2 Å². The van der Waals surface area contributed by atoms with Gasteiger partial charge in [0.2, 0.25) is 5.95 Å². The number of aromatic nitrogens is 4. The maximum atomic E-state index is 4.50. The minimum absolute atomic E-state index is 0.620. The van der Waals surface area contributed by atoms with Gasteiger partial charge >= 0.3 is 0 Å². The predicted molar refractivity (Wildman–Crippen MR) is 104 cm³/mol. The van der Waals surface area contributed by atoms with Crippen LogP contribution in [-0.2, 0) is 13.6 Å². The molecule has 0 saturated carbocycles. The number of hydrogen-bond acceptors (Lipinski definition) is 5. The summed E-state index contributed by atoms with van der Waals surface area (Å²) in [4.78, 5) is 15.8. The van der Waals surface area contributed by atoms with Crippen molar-refractivity contribution >= 4 is 17.1 Å². The van der Waals surface area contributed by atoms with E-state index in [4.69, 9.17) is 0 Å². The number of aryl methyl sites for hydroxylation is 1. The first-order valence-electron chi connectivity index (χ1n) is 9.45. The average molecular weight is 350 g/mol. The molecule has 6 heteroatoms. The molecule has 2 aromatic heterocycles. The molecule has 0 bridgehead atoms. The fourth-order valence-corrected chi connectivity index (χ4v) is 3.76. The van der Waals surface area contributed by atoms with Gasteiger partial charge in [0.1, 0.15) is 5.52 Å². The van der Waals surface area contributed by atoms with Crippen LogP contribution in [0.3, 0.4) is 0 Å². The molecule has 6 nitrogen and oxygen atoms in total. The molecule has 3 heterocycles. The molecule has 0 radical (unpaired) electrons. The molecule has 1 aromatic carbocycles. The lowest BCUT2D eigenvalue weighted by Gasteiger charge is -2.36. The SMILES string of the molecule is Cn1cnc2nc(NCCC3CCCCN3Cc3ccccc3)ncc21. The number of likely N-dealkylation sites (tertiary alicyclic amines) is 1. The van der Waals surface area contributed by atoms with Gasteiger partial charge in [0.05, 0.1) is 12.5 Å². The highest BCUT2D eigenvalue weighted by Crippen LogP contribution is 2.22. The highest BCUT2D eigenvalue weighted by Gasteiger charge is 2.22. The van der Waals surface area contributed by atoms with Crippen LogP contribution in [0.5, 0.6) is 0 Å². The van der Waals surface area contributed by atoms with Crippen molar-refractivity contribution in [2.75, 3.05) is 18.4 Å². The third-order valence-electron chi connectivity index (χ3n) is 5.22. The molecule has 136 valence electrons. The van der Waals surface area contributed by atoms with E-state index in [1.807, 2.05) is 17.8 Å². The smallest absolute Gasteiger partial charge is 0.224 e. The maximum Gasteiger partial charge on any atom is 0.224 e. The Labute approximate surface area is 154 Å². The van der Waals surface area contributed by atoms with Crippen molar-refractivity contribution in [3.63, 3.8) is 0 Å². The summed E-state index contributed by atoms with van der Waals surface area (Å²) >= 11 is 0. The molecule has 0 spiro atoms. The number of nitrogens with zero attached hydrogens (tertiary/aromatic N) is 5. The van der Waals surface area contributed by atoms with Crippen LogP contribution < -0.4 is 5.32 Å². The van der Waals surface area contributed by atoms with Gasteiger partial charge in [-0.25, -0.2) is 9.97 Å². The van der Waals surface area contributed by atoms with E-state index in [9.17, 15) is 0 Å². The lowest BCUT2D eigenvalue weighted by atomic mass is 9.98. The van der Waals surface area contributed by atoms with Gasteiger partial charge in [-0.15, -0.1) is 0 Å². The lowest BCUT2D eigenvalue weighted by Crippen LogP contribution is -2.40. The quantitative estimate of drug-likeness (QED) is 0.740. The Hall–Kier alpha value is -2.47. The van der Waals surface area contributed by atoms with Crippen LogP contribution in [0.1, 0.15) is 31.2 Å². The van der Waals surface area contributed by atoms with Gasteiger partial charge < -0.3 is 9.88 Å². The number of imidazole rings is 1. The molecule has 1 fully saturated rings. The molecule has 4 rings (SSSR count). The first-order chi connectivity index (χ1) is 12.8. The number of fused-ring (bicyclic) bond motifs is 1. The molecule has 1 aliphatic rings. The fraction of sp³-hybridized carbons (Fsp3) is 0.450. The molecule has 3 aromatic rings. The summed E-state index contributed by atoms with van der Waals surface area (Å²) in [6.07, 6.45) is 8.61. The summed E-state index contributed by atoms with van der Waals surface area (Å²) in [6, 6.07) is 11.4. The van der Waals surface area contributed by atoms with Crippen LogP contribution in [0.15, 0.2) is 42.9 Å². The van der Waals surface area contributed by atoms with Crippen molar-refractivity contribution in [3.05, 3.63) is 48.4 Å². The van der Waals surface area contributed by atoms with E-state index in [-0.39, 0.29) is 0 Å². The summed E-state index contributed by atoms with van der Waals surface area (Å²) in [5.41, 5.74) is 3.10. The second kappa shape index (κ2) is 7.83. The molecule has 1 unspecified atom stereocenters.